The summed E-state index contributed by atoms with van der Waals surface area (Å²) in [7, 11) is 1.65. The van der Waals surface area contributed by atoms with Gasteiger partial charge in [0.15, 0.2) is 0 Å². The second-order valence-electron chi connectivity index (χ2n) is 3.48. The summed E-state index contributed by atoms with van der Waals surface area (Å²) < 4.78 is 5.13. The Kier molecular flexibility index (Phi) is 3.92. The van der Waals surface area contributed by atoms with Gasteiger partial charge in [-0.15, -0.1) is 0 Å². The first kappa shape index (κ1) is 11.0. The molecule has 0 aliphatic carbocycles. The van der Waals surface area contributed by atoms with Crippen LogP contribution in [0, 0.1) is 0 Å². The normalized spacial score (nSPS) is 15.1. The molecule has 0 aliphatic rings. The predicted molar refractivity (Wildman–Crippen MR) is 56.3 cm³/mol. The van der Waals surface area contributed by atoms with E-state index in [2.05, 4.69) is 0 Å². The minimum atomic E-state index is -0.00968. The van der Waals surface area contributed by atoms with E-state index in [1.165, 1.54) is 0 Å². The van der Waals surface area contributed by atoms with E-state index in [9.17, 15) is 0 Å². The second-order valence-corrected chi connectivity index (χ2v) is 3.48. The molecule has 0 aliphatic heterocycles. The van der Waals surface area contributed by atoms with Crippen molar-refractivity contribution in [1.29, 1.82) is 0 Å². The molecular formula is C11H17NO2. The number of benzene rings is 1. The smallest absolute Gasteiger partial charge is 0.115 e. The van der Waals surface area contributed by atoms with Crippen molar-refractivity contribution < 1.29 is 9.84 Å². The van der Waals surface area contributed by atoms with Crippen LogP contribution >= 0.6 is 0 Å². The SMILES string of the molecule is COC(C)C(N)Cc1ccc(O)cc1. The van der Waals surface area contributed by atoms with E-state index in [1.807, 2.05) is 19.1 Å². The van der Waals surface area contributed by atoms with E-state index in [0.717, 1.165) is 12.0 Å². The molecular weight excluding hydrogens is 178 g/mol. The molecule has 0 amide bonds. The van der Waals surface area contributed by atoms with Gasteiger partial charge in [0.1, 0.15) is 5.75 Å². The second kappa shape index (κ2) is 4.98. The summed E-state index contributed by atoms with van der Waals surface area (Å²) in [6.07, 6.45) is 0.804. The van der Waals surface area contributed by atoms with Crippen molar-refractivity contribution in [2.45, 2.75) is 25.5 Å². The van der Waals surface area contributed by atoms with Gasteiger partial charge in [0.25, 0.3) is 0 Å². The summed E-state index contributed by atoms with van der Waals surface area (Å²) in [5.74, 6) is 0.280. The van der Waals surface area contributed by atoms with Gasteiger partial charge in [-0.1, -0.05) is 12.1 Å². The summed E-state index contributed by atoms with van der Waals surface area (Å²) in [6, 6.07) is 7.07. The first-order valence-electron chi connectivity index (χ1n) is 4.69. The highest BCUT2D eigenvalue weighted by Gasteiger charge is 2.11. The average Bonchev–Trinajstić information content (AvgIpc) is 2.20. The fraction of sp³-hybridized carbons (Fsp3) is 0.455. The molecule has 78 valence electrons. The van der Waals surface area contributed by atoms with Crippen LogP contribution in [0.15, 0.2) is 24.3 Å². The first-order valence-corrected chi connectivity index (χ1v) is 4.69. The summed E-state index contributed by atoms with van der Waals surface area (Å²) in [4.78, 5) is 0. The van der Waals surface area contributed by atoms with Crippen LogP contribution < -0.4 is 5.73 Å². The molecule has 0 fully saturated rings. The number of rotatable bonds is 4. The third kappa shape index (κ3) is 3.01. The van der Waals surface area contributed by atoms with Gasteiger partial charge in [-0.3, -0.25) is 0 Å². The molecule has 0 saturated heterocycles. The van der Waals surface area contributed by atoms with E-state index < -0.39 is 0 Å². The Morgan fingerprint density at radius 2 is 1.93 bits per heavy atom. The zero-order chi connectivity index (χ0) is 10.6. The summed E-state index contributed by atoms with van der Waals surface area (Å²) in [5.41, 5.74) is 7.02. The molecule has 2 atom stereocenters. The standard InChI is InChI=1S/C11H17NO2/c1-8(14-2)11(12)7-9-3-5-10(13)6-4-9/h3-6,8,11,13H,7,12H2,1-2H3. The maximum atomic E-state index is 9.09. The van der Waals surface area contributed by atoms with Crippen LogP contribution in [0.5, 0.6) is 5.75 Å². The van der Waals surface area contributed by atoms with Crippen LogP contribution in [0.4, 0.5) is 0 Å². The lowest BCUT2D eigenvalue weighted by atomic mass is 10.0. The van der Waals surface area contributed by atoms with Gasteiger partial charge < -0.3 is 15.6 Å². The minimum Gasteiger partial charge on any atom is -0.508 e. The largest absolute Gasteiger partial charge is 0.508 e. The third-order valence-electron chi connectivity index (χ3n) is 2.38. The van der Waals surface area contributed by atoms with Crippen LogP contribution in [0.3, 0.4) is 0 Å². The molecule has 3 N–H and O–H groups in total. The Hall–Kier alpha value is -1.06. The maximum absolute atomic E-state index is 9.09. The minimum absolute atomic E-state index is 0.00968. The predicted octanol–water partition coefficient (Wildman–Crippen LogP) is 1.30. The van der Waals surface area contributed by atoms with Crippen molar-refractivity contribution >= 4 is 0 Å². The molecule has 3 heteroatoms. The number of nitrogens with two attached hydrogens (primary N) is 1. The highest BCUT2D eigenvalue weighted by molar-refractivity contribution is 5.26. The van der Waals surface area contributed by atoms with Gasteiger partial charge in [0, 0.05) is 13.2 Å². The van der Waals surface area contributed by atoms with Crippen LogP contribution in [0.2, 0.25) is 0 Å². The molecule has 0 heterocycles. The van der Waals surface area contributed by atoms with Gasteiger partial charge >= 0.3 is 0 Å². The van der Waals surface area contributed by atoms with Gasteiger partial charge in [0.2, 0.25) is 0 Å². The summed E-state index contributed by atoms with van der Waals surface area (Å²) in [5, 5.41) is 9.09. The molecule has 0 aromatic heterocycles. The van der Waals surface area contributed by atoms with Crippen molar-refractivity contribution in [1.82, 2.24) is 0 Å². The molecule has 3 nitrogen and oxygen atoms in total. The number of hydrogen-bond donors (Lipinski definition) is 2. The summed E-state index contributed by atoms with van der Waals surface area (Å²) in [6.45, 7) is 1.95. The fourth-order valence-electron chi connectivity index (χ4n) is 1.24. The quantitative estimate of drug-likeness (QED) is 0.761. The summed E-state index contributed by atoms with van der Waals surface area (Å²) >= 11 is 0. The monoisotopic (exact) mass is 195 g/mol. The van der Waals surface area contributed by atoms with Crippen molar-refractivity contribution in [3.05, 3.63) is 29.8 Å². The van der Waals surface area contributed by atoms with Crippen LogP contribution in [-0.2, 0) is 11.2 Å². The van der Waals surface area contributed by atoms with E-state index in [-0.39, 0.29) is 17.9 Å². The molecule has 0 saturated carbocycles. The van der Waals surface area contributed by atoms with Gasteiger partial charge in [-0.2, -0.15) is 0 Å². The molecule has 1 aromatic carbocycles. The van der Waals surface area contributed by atoms with Crippen LogP contribution in [0.1, 0.15) is 12.5 Å². The molecule has 1 rings (SSSR count). The average molecular weight is 195 g/mol. The Morgan fingerprint density at radius 3 is 2.43 bits per heavy atom. The molecule has 1 aromatic rings. The number of hydrogen-bond acceptors (Lipinski definition) is 3. The fourth-order valence-corrected chi connectivity index (χ4v) is 1.24. The van der Waals surface area contributed by atoms with Crippen molar-refractivity contribution in [2.75, 3.05) is 7.11 Å². The van der Waals surface area contributed by atoms with Crippen LogP contribution in [0.25, 0.3) is 0 Å². The molecule has 0 radical (unpaired) electrons. The number of methoxy groups -OCH3 is 1. The van der Waals surface area contributed by atoms with Crippen molar-refractivity contribution in [3.63, 3.8) is 0 Å². The number of aromatic hydroxyl groups is 1. The van der Waals surface area contributed by atoms with E-state index in [1.54, 1.807) is 19.2 Å². The van der Waals surface area contributed by atoms with Crippen molar-refractivity contribution in [3.8, 4) is 5.75 Å². The zero-order valence-corrected chi connectivity index (χ0v) is 8.60. The number of phenolic OH excluding ortho intramolecular Hbond substituents is 1. The topological polar surface area (TPSA) is 55.5 Å². The lowest BCUT2D eigenvalue weighted by Gasteiger charge is -2.18. The highest BCUT2D eigenvalue weighted by Crippen LogP contribution is 2.12. The van der Waals surface area contributed by atoms with Crippen molar-refractivity contribution in [2.24, 2.45) is 5.73 Å². The highest BCUT2D eigenvalue weighted by atomic mass is 16.5. The van der Waals surface area contributed by atoms with Gasteiger partial charge in [-0.05, 0) is 31.0 Å². The van der Waals surface area contributed by atoms with Crippen LogP contribution in [-0.4, -0.2) is 24.4 Å². The van der Waals surface area contributed by atoms with E-state index >= 15 is 0 Å². The maximum Gasteiger partial charge on any atom is 0.115 e. The number of ether oxygens (including phenoxy) is 1. The third-order valence-corrected chi connectivity index (χ3v) is 2.38. The molecule has 0 spiro atoms. The molecule has 2 unspecified atom stereocenters. The van der Waals surface area contributed by atoms with E-state index in [4.69, 9.17) is 15.6 Å². The van der Waals surface area contributed by atoms with E-state index in [0.29, 0.717) is 0 Å². The lowest BCUT2D eigenvalue weighted by molar-refractivity contribution is 0.0956. The molecule has 14 heavy (non-hydrogen) atoms. The molecule has 0 bridgehead atoms. The Labute approximate surface area is 84.5 Å². The first-order chi connectivity index (χ1) is 6.63. The van der Waals surface area contributed by atoms with Gasteiger partial charge in [-0.25, -0.2) is 0 Å². The Morgan fingerprint density at radius 1 is 1.36 bits per heavy atom. The lowest BCUT2D eigenvalue weighted by Crippen LogP contribution is -2.35. The Bertz CT molecular complexity index is 271. The van der Waals surface area contributed by atoms with Gasteiger partial charge in [0.05, 0.1) is 6.10 Å². The number of phenols is 1. The zero-order valence-electron chi connectivity index (χ0n) is 8.60. The Balaban J connectivity index is 2.56.